The van der Waals surface area contributed by atoms with Crippen LogP contribution in [0.3, 0.4) is 0 Å². The van der Waals surface area contributed by atoms with Gasteiger partial charge in [-0.3, -0.25) is 0 Å². The smallest absolute Gasteiger partial charge is 0.240 e. The van der Waals surface area contributed by atoms with Crippen LogP contribution in [0.15, 0.2) is 29.2 Å². The first-order chi connectivity index (χ1) is 9.62. The Labute approximate surface area is 119 Å². The van der Waals surface area contributed by atoms with Crippen molar-refractivity contribution in [3.63, 3.8) is 0 Å². The molecule has 0 aromatic heterocycles. The van der Waals surface area contributed by atoms with Crippen molar-refractivity contribution >= 4 is 10.0 Å². The fraction of sp³-hybridized carbons (Fsp3) is 0.538. The SMILES string of the molecule is CNCCOc1ccc(S(=O)(=O)NC2CCOC2)cc1. The number of sulfonamides is 1. The van der Waals surface area contributed by atoms with E-state index in [9.17, 15) is 8.42 Å². The molecule has 1 heterocycles. The fourth-order valence-electron chi connectivity index (χ4n) is 1.90. The van der Waals surface area contributed by atoms with Gasteiger partial charge in [-0.2, -0.15) is 0 Å². The van der Waals surface area contributed by atoms with E-state index in [2.05, 4.69) is 10.0 Å². The summed E-state index contributed by atoms with van der Waals surface area (Å²) in [7, 11) is -1.64. The Hall–Kier alpha value is -1.15. The van der Waals surface area contributed by atoms with Crippen LogP contribution in [-0.4, -0.2) is 47.9 Å². The van der Waals surface area contributed by atoms with E-state index in [1.807, 2.05) is 7.05 Å². The maximum absolute atomic E-state index is 12.1. The van der Waals surface area contributed by atoms with E-state index in [1.54, 1.807) is 24.3 Å². The molecule has 0 saturated carbocycles. The standard InChI is InChI=1S/C13H20N2O4S/c1-14-7-9-19-12-2-4-13(5-3-12)20(16,17)15-11-6-8-18-10-11/h2-5,11,14-15H,6-10H2,1H3. The van der Waals surface area contributed by atoms with Gasteiger partial charge in [-0.25, -0.2) is 13.1 Å². The second-order valence-electron chi connectivity index (χ2n) is 4.61. The van der Waals surface area contributed by atoms with Crippen LogP contribution in [0.2, 0.25) is 0 Å². The van der Waals surface area contributed by atoms with E-state index in [-0.39, 0.29) is 10.9 Å². The van der Waals surface area contributed by atoms with E-state index in [4.69, 9.17) is 9.47 Å². The monoisotopic (exact) mass is 300 g/mol. The van der Waals surface area contributed by atoms with Crippen molar-refractivity contribution in [2.45, 2.75) is 17.4 Å². The lowest BCUT2D eigenvalue weighted by Crippen LogP contribution is -2.34. The van der Waals surface area contributed by atoms with Crippen molar-refractivity contribution in [1.29, 1.82) is 0 Å². The third-order valence-electron chi connectivity index (χ3n) is 3.01. The second-order valence-corrected chi connectivity index (χ2v) is 6.32. The first kappa shape index (κ1) is 15.2. The predicted molar refractivity (Wildman–Crippen MR) is 75.4 cm³/mol. The van der Waals surface area contributed by atoms with Crippen molar-refractivity contribution < 1.29 is 17.9 Å². The average molecular weight is 300 g/mol. The van der Waals surface area contributed by atoms with Crippen LogP contribution in [-0.2, 0) is 14.8 Å². The molecule has 1 aromatic rings. The lowest BCUT2D eigenvalue weighted by atomic mass is 10.3. The molecule has 7 heteroatoms. The normalized spacial score (nSPS) is 19.1. The van der Waals surface area contributed by atoms with Crippen molar-refractivity contribution in [3.05, 3.63) is 24.3 Å². The summed E-state index contributed by atoms with van der Waals surface area (Å²) >= 11 is 0. The predicted octanol–water partition coefficient (Wildman–Crippen LogP) is 0.352. The van der Waals surface area contributed by atoms with Gasteiger partial charge >= 0.3 is 0 Å². The topological polar surface area (TPSA) is 76.7 Å². The van der Waals surface area contributed by atoms with Gasteiger partial charge in [-0.1, -0.05) is 0 Å². The molecular weight excluding hydrogens is 280 g/mol. The molecule has 1 atom stereocenters. The van der Waals surface area contributed by atoms with Gasteiger partial charge in [0.15, 0.2) is 0 Å². The van der Waals surface area contributed by atoms with Crippen molar-refractivity contribution in [3.8, 4) is 5.75 Å². The van der Waals surface area contributed by atoms with Crippen LogP contribution in [0.25, 0.3) is 0 Å². The molecule has 0 radical (unpaired) electrons. The molecule has 20 heavy (non-hydrogen) atoms. The average Bonchev–Trinajstić information content (AvgIpc) is 2.92. The molecule has 0 aliphatic carbocycles. The van der Waals surface area contributed by atoms with Crippen molar-refractivity contribution in [2.75, 3.05) is 33.4 Å². The molecule has 6 nitrogen and oxygen atoms in total. The summed E-state index contributed by atoms with van der Waals surface area (Å²) in [6, 6.07) is 6.29. The van der Waals surface area contributed by atoms with E-state index in [0.29, 0.717) is 32.0 Å². The largest absolute Gasteiger partial charge is 0.492 e. The number of likely N-dealkylation sites (N-methyl/N-ethyl adjacent to an activating group) is 1. The van der Waals surface area contributed by atoms with Crippen molar-refractivity contribution in [1.82, 2.24) is 10.0 Å². The molecule has 1 fully saturated rings. The molecule has 1 saturated heterocycles. The molecule has 112 valence electrons. The lowest BCUT2D eigenvalue weighted by Gasteiger charge is -2.12. The third-order valence-corrected chi connectivity index (χ3v) is 4.54. The minimum Gasteiger partial charge on any atom is -0.492 e. The molecule has 0 amide bonds. The molecule has 2 N–H and O–H groups in total. The summed E-state index contributed by atoms with van der Waals surface area (Å²) in [5.74, 6) is 0.656. The summed E-state index contributed by atoms with van der Waals surface area (Å²) in [6.45, 7) is 2.32. The Morgan fingerprint density at radius 2 is 2.10 bits per heavy atom. The third kappa shape index (κ3) is 4.17. The number of rotatable bonds is 7. The first-order valence-electron chi connectivity index (χ1n) is 6.59. The quantitative estimate of drug-likeness (QED) is 0.711. The molecule has 0 spiro atoms. The fourth-order valence-corrected chi connectivity index (χ4v) is 3.16. The zero-order valence-corrected chi connectivity index (χ0v) is 12.3. The van der Waals surface area contributed by atoms with Gasteiger partial charge in [0.25, 0.3) is 0 Å². The number of ether oxygens (including phenoxy) is 2. The zero-order chi connectivity index (χ0) is 14.4. The Morgan fingerprint density at radius 1 is 1.35 bits per heavy atom. The minimum atomic E-state index is -3.48. The molecule has 1 unspecified atom stereocenters. The van der Waals surface area contributed by atoms with Crippen LogP contribution >= 0.6 is 0 Å². The van der Waals surface area contributed by atoms with Crippen LogP contribution in [0.1, 0.15) is 6.42 Å². The number of benzene rings is 1. The summed E-state index contributed by atoms with van der Waals surface area (Å²) in [6.07, 6.45) is 0.713. The zero-order valence-electron chi connectivity index (χ0n) is 11.5. The number of nitrogens with one attached hydrogen (secondary N) is 2. The lowest BCUT2D eigenvalue weighted by molar-refractivity contribution is 0.192. The van der Waals surface area contributed by atoms with Crippen molar-refractivity contribution in [2.24, 2.45) is 0 Å². The van der Waals surface area contributed by atoms with Gasteiger partial charge in [-0.05, 0) is 37.7 Å². The van der Waals surface area contributed by atoms with Gasteiger partial charge in [0.2, 0.25) is 10.0 Å². The summed E-state index contributed by atoms with van der Waals surface area (Å²) in [4.78, 5) is 0.241. The van der Waals surface area contributed by atoms with Crippen LogP contribution < -0.4 is 14.8 Å². The minimum absolute atomic E-state index is 0.133. The highest BCUT2D eigenvalue weighted by Crippen LogP contribution is 2.17. The van der Waals surface area contributed by atoms with E-state index >= 15 is 0 Å². The second kappa shape index (κ2) is 7.03. The highest BCUT2D eigenvalue weighted by Gasteiger charge is 2.23. The Balaban J connectivity index is 1.97. The van der Waals surface area contributed by atoms with Gasteiger partial charge in [0.05, 0.1) is 11.5 Å². The highest BCUT2D eigenvalue weighted by atomic mass is 32.2. The highest BCUT2D eigenvalue weighted by molar-refractivity contribution is 7.89. The Kier molecular flexibility index (Phi) is 5.36. The van der Waals surface area contributed by atoms with Crippen LogP contribution in [0, 0.1) is 0 Å². The molecular formula is C13H20N2O4S. The molecule has 1 aliphatic heterocycles. The molecule has 2 rings (SSSR count). The van der Waals surface area contributed by atoms with Crippen LogP contribution in [0.4, 0.5) is 0 Å². The summed E-state index contributed by atoms with van der Waals surface area (Å²) in [5, 5.41) is 2.97. The Bertz CT molecular complexity index is 510. The maximum atomic E-state index is 12.1. The van der Waals surface area contributed by atoms with E-state index in [0.717, 1.165) is 6.54 Å². The first-order valence-corrected chi connectivity index (χ1v) is 8.07. The van der Waals surface area contributed by atoms with Gasteiger partial charge in [0.1, 0.15) is 12.4 Å². The van der Waals surface area contributed by atoms with Gasteiger partial charge in [-0.15, -0.1) is 0 Å². The summed E-state index contributed by atoms with van der Waals surface area (Å²) < 4.78 is 37.5. The van der Waals surface area contributed by atoms with E-state index < -0.39 is 10.0 Å². The molecule has 0 bridgehead atoms. The molecule has 1 aliphatic rings. The number of hydrogen-bond acceptors (Lipinski definition) is 5. The van der Waals surface area contributed by atoms with Gasteiger partial charge in [0, 0.05) is 19.2 Å². The number of hydrogen-bond donors (Lipinski definition) is 2. The van der Waals surface area contributed by atoms with Gasteiger partial charge < -0.3 is 14.8 Å². The Morgan fingerprint density at radius 3 is 2.70 bits per heavy atom. The van der Waals surface area contributed by atoms with Crippen LogP contribution in [0.5, 0.6) is 5.75 Å². The molecule has 1 aromatic carbocycles. The maximum Gasteiger partial charge on any atom is 0.240 e. The van der Waals surface area contributed by atoms with E-state index in [1.165, 1.54) is 0 Å². The summed E-state index contributed by atoms with van der Waals surface area (Å²) in [5.41, 5.74) is 0.